The van der Waals surface area contributed by atoms with Crippen LogP contribution in [-0.2, 0) is 26.1 Å². The second-order valence-corrected chi connectivity index (χ2v) is 8.37. The molecule has 0 saturated carbocycles. The van der Waals surface area contributed by atoms with Crippen LogP contribution in [0.2, 0.25) is 0 Å². The van der Waals surface area contributed by atoms with Crippen molar-refractivity contribution in [3.05, 3.63) is 94.6 Å². The molecule has 0 fully saturated rings. The van der Waals surface area contributed by atoms with E-state index < -0.39 is 0 Å². The van der Waals surface area contributed by atoms with Crippen LogP contribution in [-0.4, -0.2) is 22.0 Å². The molecule has 0 bridgehead atoms. The number of fused-ring (bicyclic) bond motifs is 3. The zero-order valence-corrected chi connectivity index (χ0v) is 18.0. The van der Waals surface area contributed by atoms with E-state index in [0.717, 1.165) is 18.7 Å². The van der Waals surface area contributed by atoms with Crippen LogP contribution in [0.15, 0.2) is 65.3 Å². The average Bonchev–Trinajstić information content (AvgIpc) is 3.41. The van der Waals surface area contributed by atoms with Gasteiger partial charge in [-0.15, -0.1) is 0 Å². The van der Waals surface area contributed by atoms with Crippen molar-refractivity contribution in [1.82, 2.24) is 14.8 Å². The van der Waals surface area contributed by atoms with Gasteiger partial charge >= 0.3 is 6.03 Å². The van der Waals surface area contributed by atoms with E-state index in [4.69, 9.17) is 4.42 Å². The minimum Gasteiger partial charge on any atom is -0.467 e. The molecule has 2 aromatic heterocycles. The maximum Gasteiger partial charge on any atom is 0.318 e. The number of carbonyl (C=O) groups is 1. The quantitative estimate of drug-likeness (QED) is 0.502. The van der Waals surface area contributed by atoms with Gasteiger partial charge in [0, 0.05) is 48.2 Å². The minimum absolute atomic E-state index is 0.0478. The lowest BCUT2D eigenvalue weighted by Crippen LogP contribution is -2.42. The zero-order valence-electron chi connectivity index (χ0n) is 18.0. The summed E-state index contributed by atoms with van der Waals surface area (Å²) in [5.41, 5.74) is 7.79. The SMILES string of the molecule is Cc1ccc(C)c(Cn2c3c(c4ccccc42)CN(C(=O)NCc2ccco2)CC3)c1. The number of furan rings is 1. The molecule has 0 saturated heterocycles. The maximum atomic E-state index is 12.8. The minimum atomic E-state index is -0.0478. The predicted octanol–water partition coefficient (Wildman–Crippen LogP) is 5.17. The smallest absolute Gasteiger partial charge is 0.318 e. The number of urea groups is 1. The summed E-state index contributed by atoms with van der Waals surface area (Å²) >= 11 is 0. The number of nitrogens with one attached hydrogen (secondary N) is 1. The molecule has 3 heterocycles. The van der Waals surface area contributed by atoms with E-state index in [0.29, 0.717) is 19.6 Å². The fourth-order valence-corrected chi connectivity index (χ4v) is 4.58. The second kappa shape index (κ2) is 7.99. The van der Waals surface area contributed by atoms with Gasteiger partial charge in [0.05, 0.1) is 12.8 Å². The molecule has 1 aliphatic heterocycles. The molecule has 5 nitrogen and oxygen atoms in total. The van der Waals surface area contributed by atoms with Crippen LogP contribution >= 0.6 is 0 Å². The molecule has 2 amide bonds. The Hall–Kier alpha value is -3.47. The van der Waals surface area contributed by atoms with Gasteiger partial charge in [0.2, 0.25) is 0 Å². The van der Waals surface area contributed by atoms with Crippen LogP contribution in [0.25, 0.3) is 10.9 Å². The van der Waals surface area contributed by atoms with Gasteiger partial charge < -0.3 is 19.2 Å². The van der Waals surface area contributed by atoms with Crippen molar-refractivity contribution in [2.24, 2.45) is 0 Å². The van der Waals surface area contributed by atoms with Crippen LogP contribution in [0.4, 0.5) is 4.79 Å². The molecule has 5 heteroatoms. The van der Waals surface area contributed by atoms with Crippen molar-refractivity contribution >= 4 is 16.9 Å². The number of hydrogen-bond donors (Lipinski definition) is 1. The van der Waals surface area contributed by atoms with Gasteiger partial charge in [-0.1, -0.05) is 42.0 Å². The lowest BCUT2D eigenvalue weighted by molar-refractivity contribution is 0.190. The first-order valence-electron chi connectivity index (χ1n) is 10.8. The summed E-state index contributed by atoms with van der Waals surface area (Å²) < 4.78 is 7.78. The standard InChI is InChI=1S/C26H27N3O2/c1-18-9-10-19(2)20(14-18)16-29-24-8-4-3-7-22(24)23-17-28(12-11-25(23)29)26(30)27-15-21-6-5-13-31-21/h3-10,13-14H,11-12,15-17H2,1-2H3,(H,27,30). The number of carbonyl (C=O) groups excluding carboxylic acids is 1. The number of benzene rings is 2. The first-order valence-corrected chi connectivity index (χ1v) is 10.8. The number of rotatable bonds is 4. The van der Waals surface area contributed by atoms with Crippen molar-refractivity contribution < 1.29 is 9.21 Å². The monoisotopic (exact) mass is 413 g/mol. The summed E-state index contributed by atoms with van der Waals surface area (Å²) in [5, 5.41) is 4.22. The Balaban J connectivity index is 1.44. The number of hydrogen-bond acceptors (Lipinski definition) is 2. The Bertz CT molecular complexity index is 1240. The molecular formula is C26H27N3O2. The molecule has 0 unspecified atom stereocenters. The third-order valence-corrected chi connectivity index (χ3v) is 6.28. The van der Waals surface area contributed by atoms with Crippen molar-refractivity contribution in [3.63, 3.8) is 0 Å². The molecule has 5 rings (SSSR count). The molecule has 0 aliphatic carbocycles. The fourth-order valence-electron chi connectivity index (χ4n) is 4.58. The van der Waals surface area contributed by atoms with Crippen LogP contribution in [0.1, 0.15) is 33.7 Å². The molecule has 158 valence electrons. The lowest BCUT2D eigenvalue weighted by Gasteiger charge is -2.28. The average molecular weight is 414 g/mol. The summed E-state index contributed by atoms with van der Waals surface area (Å²) in [6.45, 7) is 6.92. The Morgan fingerprint density at radius 2 is 1.97 bits per heavy atom. The molecule has 0 atom stereocenters. The van der Waals surface area contributed by atoms with E-state index in [1.54, 1.807) is 6.26 Å². The number of aromatic nitrogens is 1. The Kier molecular flexibility index (Phi) is 5.02. The molecule has 0 radical (unpaired) electrons. The van der Waals surface area contributed by atoms with Gasteiger partial charge in [-0.2, -0.15) is 0 Å². The first-order chi connectivity index (χ1) is 15.1. The number of nitrogens with zero attached hydrogens (tertiary/aromatic N) is 2. The van der Waals surface area contributed by atoms with Gasteiger partial charge in [0.25, 0.3) is 0 Å². The van der Waals surface area contributed by atoms with Crippen LogP contribution in [0.5, 0.6) is 0 Å². The summed E-state index contributed by atoms with van der Waals surface area (Å²) in [5.74, 6) is 0.760. The van der Waals surface area contributed by atoms with E-state index in [2.05, 4.69) is 66.2 Å². The fraction of sp³-hybridized carbons (Fsp3) is 0.269. The second-order valence-electron chi connectivity index (χ2n) is 8.37. The van der Waals surface area contributed by atoms with Crippen molar-refractivity contribution in [1.29, 1.82) is 0 Å². The van der Waals surface area contributed by atoms with E-state index >= 15 is 0 Å². The van der Waals surface area contributed by atoms with Crippen molar-refractivity contribution in [2.75, 3.05) is 6.54 Å². The largest absolute Gasteiger partial charge is 0.467 e. The Morgan fingerprint density at radius 3 is 2.81 bits per heavy atom. The summed E-state index contributed by atoms with van der Waals surface area (Å²) in [6, 6.07) is 18.9. The molecule has 2 aromatic carbocycles. The summed E-state index contributed by atoms with van der Waals surface area (Å²) in [7, 11) is 0. The van der Waals surface area contributed by atoms with Gasteiger partial charge in [-0.3, -0.25) is 0 Å². The highest BCUT2D eigenvalue weighted by Crippen LogP contribution is 2.32. The first kappa shape index (κ1) is 19.5. The molecule has 4 aromatic rings. The zero-order chi connectivity index (χ0) is 21.4. The summed E-state index contributed by atoms with van der Waals surface area (Å²) in [4.78, 5) is 14.7. The highest BCUT2D eigenvalue weighted by molar-refractivity contribution is 5.87. The third-order valence-electron chi connectivity index (χ3n) is 6.28. The highest BCUT2D eigenvalue weighted by Gasteiger charge is 2.26. The normalized spacial score (nSPS) is 13.4. The van der Waals surface area contributed by atoms with Crippen molar-refractivity contribution in [2.45, 2.75) is 39.9 Å². The van der Waals surface area contributed by atoms with E-state index in [1.165, 1.54) is 38.9 Å². The Morgan fingerprint density at radius 1 is 1.10 bits per heavy atom. The third kappa shape index (κ3) is 3.72. The topological polar surface area (TPSA) is 50.4 Å². The van der Waals surface area contributed by atoms with Crippen LogP contribution in [0, 0.1) is 13.8 Å². The molecule has 1 aliphatic rings. The van der Waals surface area contributed by atoms with E-state index in [-0.39, 0.29) is 6.03 Å². The Labute approximate surface area is 182 Å². The predicted molar refractivity (Wildman–Crippen MR) is 122 cm³/mol. The highest BCUT2D eigenvalue weighted by atomic mass is 16.3. The van der Waals surface area contributed by atoms with Gasteiger partial charge in [-0.05, 0) is 43.2 Å². The number of aryl methyl sites for hydroxylation is 2. The van der Waals surface area contributed by atoms with Crippen molar-refractivity contribution in [3.8, 4) is 0 Å². The molecule has 31 heavy (non-hydrogen) atoms. The number of amides is 2. The summed E-state index contributed by atoms with van der Waals surface area (Å²) in [6.07, 6.45) is 2.47. The lowest BCUT2D eigenvalue weighted by atomic mass is 10.0. The number of para-hydroxylation sites is 1. The maximum absolute atomic E-state index is 12.8. The van der Waals surface area contributed by atoms with Gasteiger partial charge in [0.15, 0.2) is 0 Å². The van der Waals surface area contributed by atoms with Gasteiger partial charge in [0.1, 0.15) is 5.76 Å². The van der Waals surface area contributed by atoms with E-state index in [1.807, 2.05) is 17.0 Å². The molecular weight excluding hydrogens is 386 g/mol. The molecule has 1 N–H and O–H groups in total. The van der Waals surface area contributed by atoms with E-state index in [9.17, 15) is 4.79 Å². The van der Waals surface area contributed by atoms with Crippen LogP contribution in [0.3, 0.4) is 0 Å². The van der Waals surface area contributed by atoms with Gasteiger partial charge in [-0.25, -0.2) is 4.79 Å². The van der Waals surface area contributed by atoms with Crippen LogP contribution < -0.4 is 5.32 Å². The molecule has 0 spiro atoms.